The zero-order chi connectivity index (χ0) is 11.3. The minimum absolute atomic E-state index is 0.116. The fourth-order valence-corrected chi connectivity index (χ4v) is 1.65. The fraction of sp³-hybridized carbons (Fsp3) is 0.538. The van der Waals surface area contributed by atoms with Gasteiger partial charge in [-0.15, -0.1) is 0 Å². The minimum atomic E-state index is 0.116. The molecular formula is C13H21NO. The maximum absolute atomic E-state index is 6.11. The van der Waals surface area contributed by atoms with Crippen molar-refractivity contribution in [3.63, 3.8) is 0 Å². The van der Waals surface area contributed by atoms with Gasteiger partial charge in [0.05, 0.1) is 6.61 Å². The van der Waals surface area contributed by atoms with Crippen LogP contribution in [-0.2, 0) is 0 Å². The Balaban J connectivity index is 2.71. The van der Waals surface area contributed by atoms with Crippen LogP contribution in [0.3, 0.4) is 0 Å². The molecule has 1 rings (SSSR count). The lowest BCUT2D eigenvalue weighted by Crippen LogP contribution is -2.12. The molecule has 1 unspecified atom stereocenters. The summed E-state index contributed by atoms with van der Waals surface area (Å²) in [6, 6.07) is 8.19. The van der Waals surface area contributed by atoms with Crippen LogP contribution in [0.5, 0.6) is 5.75 Å². The van der Waals surface area contributed by atoms with Crippen molar-refractivity contribution >= 4 is 0 Å². The molecule has 0 spiro atoms. The van der Waals surface area contributed by atoms with Gasteiger partial charge in [0, 0.05) is 6.04 Å². The van der Waals surface area contributed by atoms with E-state index in [4.69, 9.17) is 10.5 Å². The quantitative estimate of drug-likeness (QED) is 0.805. The first kappa shape index (κ1) is 12.1. The summed E-state index contributed by atoms with van der Waals surface area (Å²) >= 11 is 0. The Labute approximate surface area is 92.4 Å². The molecule has 0 aliphatic heterocycles. The molecule has 0 radical (unpaired) electrons. The van der Waals surface area contributed by atoms with Crippen LogP contribution in [0.15, 0.2) is 24.3 Å². The van der Waals surface area contributed by atoms with Crippen molar-refractivity contribution in [3.05, 3.63) is 29.8 Å². The largest absolute Gasteiger partial charge is 0.494 e. The predicted octanol–water partition coefficient (Wildman–Crippen LogP) is 3.13. The first-order valence-electron chi connectivity index (χ1n) is 5.61. The van der Waals surface area contributed by atoms with Crippen LogP contribution >= 0.6 is 0 Å². The van der Waals surface area contributed by atoms with Crippen molar-refractivity contribution in [2.24, 2.45) is 11.7 Å². The van der Waals surface area contributed by atoms with Crippen LogP contribution in [0.25, 0.3) is 0 Å². The highest BCUT2D eigenvalue weighted by Gasteiger charge is 2.08. The Bertz CT molecular complexity index is 296. The van der Waals surface area contributed by atoms with Crippen molar-refractivity contribution in [1.29, 1.82) is 0 Å². The van der Waals surface area contributed by atoms with Crippen LogP contribution in [0.2, 0.25) is 0 Å². The summed E-state index contributed by atoms with van der Waals surface area (Å²) in [5, 5.41) is 0. The number of rotatable bonds is 5. The first-order chi connectivity index (χ1) is 7.13. The van der Waals surface area contributed by atoms with Gasteiger partial charge in [0.1, 0.15) is 5.75 Å². The van der Waals surface area contributed by atoms with Crippen molar-refractivity contribution < 1.29 is 4.74 Å². The van der Waals surface area contributed by atoms with E-state index < -0.39 is 0 Å². The van der Waals surface area contributed by atoms with Gasteiger partial charge >= 0.3 is 0 Å². The molecule has 2 heteroatoms. The summed E-state index contributed by atoms with van der Waals surface area (Å²) < 4.78 is 5.45. The van der Waals surface area contributed by atoms with Gasteiger partial charge < -0.3 is 10.5 Å². The number of nitrogens with two attached hydrogens (primary N) is 1. The van der Waals surface area contributed by atoms with Crippen LogP contribution in [-0.4, -0.2) is 6.61 Å². The normalized spacial score (nSPS) is 12.9. The van der Waals surface area contributed by atoms with E-state index in [0.29, 0.717) is 12.5 Å². The second-order valence-electron chi connectivity index (χ2n) is 4.24. The highest BCUT2D eigenvalue weighted by atomic mass is 16.5. The van der Waals surface area contributed by atoms with Gasteiger partial charge in [-0.2, -0.15) is 0 Å². The number of hydrogen-bond acceptors (Lipinski definition) is 2. The molecule has 0 aliphatic rings. The van der Waals surface area contributed by atoms with Gasteiger partial charge in [-0.25, -0.2) is 0 Å². The highest BCUT2D eigenvalue weighted by molar-refractivity contribution is 5.30. The second-order valence-corrected chi connectivity index (χ2v) is 4.24. The molecule has 0 heterocycles. The monoisotopic (exact) mass is 207 g/mol. The Morgan fingerprint density at radius 2 is 2.07 bits per heavy atom. The lowest BCUT2D eigenvalue weighted by atomic mass is 9.98. The molecule has 0 aromatic heterocycles. The third-order valence-corrected chi connectivity index (χ3v) is 2.32. The van der Waals surface area contributed by atoms with Crippen LogP contribution < -0.4 is 10.5 Å². The molecule has 15 heavy (non-hydrogen) atoms. The molecule has 84 valence electrons. The van der Waals surface area contributed by atoms with E-state index in [-0.39, 0.29) is 6.04 Å². The summed E-state index contributed by atoms with van der Waals surface area (Å²) in [6.45, 7) is 7.06. The summed E-state index contributed by atoms with van der Waals surface area (Å²) in [4.78, 5) is 0. The molecule has 2 nitrogen and oxygen atoms in total. The molecule has 2 N–H and O–H groups in total. The van der Waals surface area contributed by atoms with Gasteiger partial charge in [-0.3, -0.25) is 0 Å². The summed E-state index contributed by atoms with van der Waals surface area (Å²) in [6.07, 6.45) is 1.01. The number of benzene rings is 1. The van der Waals surface area contributed by atoms with E-state index in [0.717, 1.165) is 17.7 Å². The number of ether oxygens (including phenoxy) is 1. The summed E-state index contributed by atoms with van der Waals surface area (Å²) in [5.74, 6) is 1.53. The van der Waals surface area contributed by atoms with Crippen molar-refractivity contribution in [2.45, 2.75) is 33.2 Å². The van der Waals surface area contributed by atoms with Gasteiger partial charge in [0.2, 0.25) is 0 Å². The number of hydrogen-bond donors (Lipinski definition) is 1. The van der Waals surface area contributed by atoms with E-state index >= 15 is 0 Å². The van der Waals surface area contributed by atoms with E-state index in [9.17, 15) is 0 Å². The van der Waals surface area contributed by atoms with E-state index in [1.807, 2.05) is 25.1 Å². The Kier molecular flexibility index (Phi) is 4.63. The molecule has 0 amide bonds. The molecule has 0 saturated carbocycles. The molecule has 1 atom stereocenters. The smallest absolute Gasteiger partial charge is 0.119 e. The molecule has 1 aromatic carbocycles. The second kappa shape index (κ2) is 5.76. The zero-order valence-electron chi connectivity index (χ0n) is 9.86. The Hall–Kier alpha value is -1.02. The lowest BCUT2D eigenvalue weighted by molar-refractivity contribution is 0.339. The van der Waals surface area contributed by atoms with Gasteiger partial charge in [-0.1, -0.05) is 26.0 Å². The molecule has 1 aromatic rings. The zero-order valence-corrected chi connectivity index (χ0v) is 9.86. The average Bonchev–Trinajstić information content (AvgIpc) is 2.17. The third-order valence-electron chi connectivity index (χ3n) is 2.32. The van der Waals surface area contributed by atoms with Crippen molar-refractivity contribution in [1.82, 2.24) is 0 Å². The molecular weight excluding hydrogens is 186 g/mol. The maximum atomic E-state index is 6.11. The Morgan fingerprint density at radius 3 is 2.67 bits per heavy atom. The van der Waals surface area contributed by atoms with Gasteiger partial charge in [0.15, 0.2) is 0 Å². The van der Waals surface area contributed by atoms with Crippen LogP contribution in [0, 0.1) is 5.92 Å². The van der Waals surface area contributed by atoms with E-state index in [1.165, 1.54) is 0 Å². The summed E-state index contributed by atoms with van der Waals surface area (Å²) in [5.41, 5.74) is 7.27. The third kappa shape index (κ3) is 3.92. The van der Waals surface area contributed by atoms with Gasteiger partial charge in [0.25, 0.3) is 0 Å². The minimum Gasteiger partial charge on any atom is -0.494 e. The Morgan fingerprint density at radius 1 is 1.33 bits per heavy atom. The SMILES string of the molecule is CCOc1cccc(C(N)CC(C)C)c1. The highest BCUT2D eigenvalue weighted by Crippen LogP contribution is 2.22. The first-order valence-corrected chi connectivity index (χ1v) is 5.61. The van der Waals surface area contributed by atoms with Crippen molar-refractivity contribution in [3.8, 4) is 5.75 Å². The van der Waals surface area contributed by atoms with Gasteiger partial charge in [-0.05, 0) is 37.0 Å². The van der Waals surface area contributed by atoms with Crippen LogP contribution in [0.4, 0.5) is 0 Å². The van der Waals surface area contributed by atoms with E-state index in [1.54, 1.807) is 0 Å². The molecule has 0 saturated heterocycles. The van der Waals surface area contributed by atoms with Crippen molar-refractivity contribution in [2.75, 3.05) is 6.61 Å². The predicted molar refractivity (Wildman–Crippen MR) is 64.0 cm³/mol. The van der Waals surface area contributed by atoms with E-state index in [2.05, 4.69) is 19.9 Å². The maximum Gasteiger partial charge on any atom is 0.119 e. The standard InChI is InChI=1S/C13H21NO/c1-4-15-12-7-5-6-11(9-12)13(14)8-10(2)3/h5-7,9-10,13H,4,8,14H2,1-3H3. The molecule has 0 fully saturated rings. The average molecular weight is 207 g/mol. The molecule has 0 aliphatic carbocycles. The molecule has 0 bridgehead atoms. The summed E-state index contributed by atoms with van der Waals surface area (Å²) in [7, 11) is 0. The fourth-order valence-electron chi connectivity index (χ4n) is 1.65. The topological polar surface area (TPSA) is 35.2 Å². The lowest BCUT2D eigenvalue weighted by Gasteiger charge is -2.15. The van der Waals surface area contributed by atoms with Crippen LogP contribution in [0.1, 0.15) is 38.8 Å².